The fourth-order valence-electron chi connectivity index (χ4n) is 2.18. The zero-order valence-corrected chi connectivity index (χ0v) is 9.00. The summed E-state index contributed by atoms with van der Waals surface area (Å²) in [7, 11) is 1.42. The van der Waals surface area contributed by atoms with Crippen molar-refractivity contribution in [2.45, 2.75) is 51.0 Å². The quantitative estimate of drug-likeness (QED) is 0.557. The van der Waals surface area contributed by atoms with E-state index in [1.807, 2.05) is 0 Å². The summed E-state index contributed by atoms with van der Waals surface area (Å²) in [6, 6.07) is 0.000509. The minimum absolute atomic E-state index is 0.000509. The lowest BCUT2D eigenvalue weighted by Gasteiger charge is -2.20. The Labute approximate surface area is 86.0 Å². The van der Waals surface area contributed by atoms with Crippen LogP contribution in [0.25, 0.3) is 0 Å². The van der Waals surface area contributed by atoms with Crippen molar-refractivity contribution in [3.63, 3.8) is 0 Å². The van der Waals surface area contributed by atoms with Gasteiger partial charge in [0.25, 0.3) is 0 Å². The van der Waals surface area contributed by atoms with Crippen molar-refractivity contribution in [1.82, 2.24) is 0 Å². The van der Waals surface area contributed by atoms with E-state index in [0.29, 0.717) is 12.3 Å². The van der Waals surface area contributed by atoms with Gasteiger partial charge in [-0.1, -0.05) is 25.7 Å². The second kappa shape index (κ2) is 6.02. The highest BCUT2D eigenvalue weighted by atomic mass is 16.5. The zero-order chi connectivity index (χ0) is 10.4. The third kappa shape index (κ3) is 3.66. The molecule has 0 saturated heterocycles. The lowest BCUT2D eigenvalue weighted by molar-refractivity contribution is -0.141. The number of methoxy groups -OCH3 is 1. The molecule has 0 aromatic heterocycles. The standard InChI is InChI=1S/C11H21NO2/c1-14-11(13)8-10(12)9-6-4-2-3-5-7-9/h9-10H,2-8,12H2,1H3. The van der Waals surface area contributed by atoms with Crippen LogP contribution < -0.4 is 5.73 Å². The smallest absolute Gasteiger partial charge is 0.307 e. The van der Waals surface area contributed by atoms with Crippen LogP contribution in [0.4, 0.5) is 0 Å². The molecule has 1 saturated carbocycles. The second-order valence-electron chi connectivity index (χ2n) is 4.20. The van der Waals surface area contributed by atoms with Crippen molar-refractivity contribution in [3.05, 3.63) is 0 Å². The summed E-state index contributed by atoms with van der Waals surface area (Å²) < 4.78 is 4.62. The fourth-order valence-corrected chi connectivity index (χ4v) is 2.18. The molecule has 0 heterocycles. The molecule has 0 aliphatic heterocycles. The second-order valence-corrected chi connectivity index (χ2v) is 4.20. The number of hydrogen-bond acceptors (Lipinski definition) is 3. The number of ether oxygens (including phenoxy) is 1. The molecule has 0 bridgehead atoms. The monoisotopic (exact) mass is 199 g/mol. The van der Waals surface area contributed by atoms with Gasteiger partial charge in [0.05, 0.1) is 13.5 Å². The summed E-state index contributed by atoms with van der Waals surface area (Å²) in [5, 5.41) is 0. The van der Waals surface area contributed by atoms with Gasteiger partial charge in [0, 0.05) is 6.04 Å². The number of carbonyl (C=O) groups is 1. The Bertz CT molecular complexity index is 174. The Hall–Kier alpha value is -0.570. The summed E-state index contributed by atoms with van der Waals surface area (Å²) in [4.78, 5) is 11.0. The molecule has 14 heavy (non-hydrogen) atoms. The topological polar surface area (TPSA) is 52.3 Å². The van der Waals surface area contributed by atoms with E-state index in [0.717, 1.165) is 0 Å². The fraction of sp³-hybridized carbons (Fsp3) is 0.909. The van der Waals surface area contributed by atoms with Crippen molar-refractivity contribution in [2.75, 3.05) is 7.11 Å². The third-order valence-corrected chi connectivity index (χ3v) is 3.14. The predicted molar refractivity (Wildman–Crippen MR) is 55.8 cm³/mol. The third-order valence-electron chi connectivity index (χ3n) is 3.14. The minimum atomic E-state index is -0.179. The number of rotatable bonds is 3. The van der Waals surface area contributed by atoms with Crippen molar-refractivity contribution in [2.24, 2.45) is 11.7 Å². The molecule has 1 fully saturated rings. The molecule has 82 valence electrons. The highest BCUT2D eigenvalue weighted by Gasteiger charge is 2.21. The lowest BCUT2D eigenvalue weighted by Crippen LogP contribution is -2.32. The molecule has 0 aromatic carbocycles. The van der Waals surface area contributed by atoms with Gasteiger partial charge in [0.1, 0.15) is 0 Å². The van der Waals surface area contributed by atoms with Crippen LogP contribution in [0.15, 0.2) is 0 Å². The Balaban J connectivity index is 2.33. The Morgan fingerprint density at radius 1 is 1.36 bits per heavy atom. The van der Waals surface area contributed by atoms with E-state index in [4.69, 9.17) is 5.73 Å². The van der Waals surface area contributed by atoms with Crippen LogP contribution in [-0.2, 0) is 9.53 Å². The summed E-state index contributed by atoms with van der Waals surface area (Å²) in [5.74, 6) is 0.346. The van der Waals surface area contributed by atoms with Gasteiger partial charge in [-0.15, -0.1) is 0 Å². The van der Waals surface area contributed by atoms with Gasteiger partial charge < -0.3 is 10.5 Å². The van der Waals surface area contributed by atoms with Crippen LogP contribution >= 0.6 is 0 Å². The molecule has 3 nitrogen and oxygen atoms in total. The summed E-state index contributed by atoms with van der Waals surface area (Å²) in [5.41, 5.74) is 5.99. The molecule has 1 unspecified atom stereocenters. The van der Waals surface area contributed by atoms with E-state index in [2.05, 4.69) is 4.74 Å². The van der Waals surface area contributed by atoms with Crippen LogP contribution in [0.2, 0.25) is 0 Å². The number of hydrogen-bond donors (Lipinski definition) is 1. The highest BCUT2D eigenvalue weighted by molar-refractivity contribution is 5.69. The van der Waals surface area contributed by atoms with Crippen LogP contribution in [0.3, 0.4) is 0 Å². The Morgan fingerprint density at radius 2 is 1.93 bits per heavy atom. The van der Waals surface area contributed by atoms with Gasteiger partial charge in [-0.05, 0) is 18.8 Å². The van der Waals surface area contributed by atoms with E-state index < -0.39 is 0 Å². The van der Waals surface area contributed by atoms with Crippen molar-refractivity contribution in [1.29, 1.82) is 0 Å². The van der Waals surface area contributed by atoms with Gasteiger partial charge in [0.15, 0.2) is 0 Å². The van der Waals surface area contributed by atoms with E-state index >= 15 is 0 Å². The first-order valence-corrected chi connectivity index (χ1v) is 5.56. The van der Waals surface area contributed by atoms with Crippen molar-refractivity contribution < 1.29 is 9.53 Å². The maximum Gasteiger partial charge on any atom is 0.307 e. The summed E-state index contributed by atoms with van der Waals surface area (Å²) in [6.45, 7) is 0. The molecule has 1 atom stereocenters. The van der Waals surface area contributed by atoms with Gasteiger partial charge in [-0.3, -0.25) is 4.79 Å². The summed E-state index contributed by atoms with van der Waals surface area (Å²) >= 11 is 0. The molecule has 1 aliphatic carbocycles. The maximum atomic E-state index is 11.0. The van der Waals surface area contributed by atoms with E-state index in [9.17, 15) is 4.79 Å². The van der Waals surface area contributed by atoms with E-state index in [1.54, 1.807) is 0 Å². The van der Waals surface area contributed by atoms with Crippen LogP contribution in [-0.4, -0.2) is 19.1 Å². The molecule has 1 rings (SSSR count). The van der Waals surface area contributed by atoms with E-state index in [-0.39, 0.29) is 12.0 Å². The van der Waals surface area contributed by atoms with Crippen LogP contribution in [0.1, 0.15) is 44.9 Å². The molecule has 2 N–H and O–H groups in total. The SMILES string of the molecule is COC(=O)CC(N)C1CCCCCC1. The van der Waals surface area contributed by atoms with Gasteiger partial charge in [-0.25, -0.2) is 0 Å². The first-order chi connectivity index (χ1) is 6.74. The molecule has 0 aromatic rings. The van der Waals surface area contributed by atoms with Crippen LogP contribution in [0, 0.1) is 5.92 Å². The van der Waals surface area contributed by atoms with Crippen molar-refractivity contribution in [3.8, 4) is 0 Å². The van der Waals surface area contributed by atoms with Gasteiger partial charge in [0.2, 0.25) is 0 Å². The normalized spacial score (nSPS) is 21.3. The molecule has 0 radical (unpaired) electrons. The number of carbonyl (C=O) groups excluding carboxylic acids is 1. The number of nitrogens with two attached hydrogens (primary N) is 1. The first kappa shape index (κ1) is 11.5. The molecule has 0 amide bonds. The first-order valence-electron chi connectivity index (χ1n) is 5.56. The van der Waals surface area contributed by atoms with Crippen LogP contribution in [0.5, 0.6) is 0 Å². The Kier molecular flexibility index (Phi) is 4.94. The Morgan fingerprint density at radius 3 is 2.43 bits per heavy atom. The minimum Gasteiger partial charge on any atom is -0.469 e. The molecular formula is C11H21NO2. The molecule has 1 aliphatic rings. The summed E-state index contributed by atoms with van der Waals surface area (Å²) in [6.07, 6.45) is 7.90. The molecule has 0 spiro atoms. The van der Waals surface area contributed by atoms with Crippen molar-refractivity contribution >= 4 is 5.97 Å². The van der Waals surface area contributed by atoms with Gasteiger partial charge in [-0.2, -0.15) is 0 Å². The lowest BCUT2D eigenvalue weighted by atomic mass is 9.90. The average molecular weight is 199 g/mol. The molecule has 3 heteroatoms. The average Bonchev–Trinajstić information content (AvgIpc) is 2.45. The predicted octanol–water partition coefficient (Wildman–Crippen LogP) is 1.85. The number of esters is 1. The maximum absolute atomic E-state index is 11.0. The molecular weight excluding hydrogens is 178 g/mol. The zero-order valence-electron chi connectivity index (χ0n) is 9.00. The van der Waals surface area contributed by atoms with Gasteiger partial charge >= 0.3 is 5.97 Å². The largest absolute Gasteiger partial charge is 0.469 e. The highest BCUT2D eigenvalue weighted by Crippen LogP contribution is 2.25. The van der Waals surface area contributed by atoms with E-state index in [1.165, 1.54) is 45.6 Å².